The van der Waals surface area contributed by atoms with Crippen molar-refractivity contribution in [2.75, 3.05) is 31.5 Å². The van der Waals surface area contributed by atoms with E-state index < -0.39 is 0 Å². The third-order valence-electron chi connectivity index (χ3n) is 4.34. The topological polar surface area (TPSA) is 35.6 Å². The van der Waals surface area contributed by atoms with E-state index in [0.717, 1.165) is 49.0 Å². The molecule has 0 saturated carbocycles. The van der Waals surface area contributed by atoms with Gasteiger partial charge < -0.3 is 10.2 Å². The number of para-hydroxylation sites is 1. The minimum atomic E-state index is -0.0216. The lowest BCUT2D eigenvalue weighted by Gasteiger charge is -2.34. The predicted molar refractivity (Wildman–Crippen MR) is 98.5 cm³/mol. The van der Waals surface area contributed by atoms with Crippen molar-refractivity contribution in [3.05, 3.63) is 64.7 Å². The second-order valence-electron chi connectivity index (χ2n) is 6.14. The van der Waals surface area contributed by atoms with Gasteiger partial charge in [0.05, 0.1) is 0 Å². The molecule has 0 atom stereocenters. The zero-order chi connectivity index (χ0) is 16.9. The summed E-state index contributed by atoms with van der Waals surface area (Å²) < 4.78 is 0. The van der Waals surface area contributed by atoms with E-state index in [1.807, 2.05) is 54.3 Å². The van der Waals surface area contributed by atoms with Crippen LogP contribution in [0.4, 0.5) is 10.5 Å². The normalized spacial score (nSPS) is 15.3. The Bertz CT molecular complexity index is 711. The molecule has 2 amide bonds. The van der Waals surface area contributed by atoms with Gasteiger partial charge in [-0.2, -0.15) is 0 Å². The Labute approximate surface area is 148 Å². The summed E-state index contributed by atoms with van der Waals surface area (Å²) in [5, 5.41) is 3.77. The highest BCUT2D eigenvalue weighted by Crippen LogP contribution is 2.16. The van der Waals surface area contributed by atoms with Crippen LogP contribution in [0.15, 0.2) is 48.5 Å². The maximum atomic E-state index is 12.4. The van der Waals surface area contributed by atoms with E-state index in [1.165, 1.54) is 5.56 Å². The molecule has 0 aromatic heterocycles. The van der Waals surface area contributed by atoms with Gasteiger partial charge in [0.25, 0.3) is 0 Å². The number of carbonyl (C=O) groups excluding carboxylic acids is 1. The molecule has 0 unspecified atom stereocenters. The molecule has 1 heterocycles. The van der Waals surface area contributed by atoms with Gasteiger partial charge in [-0.15, -0.1) is 0 Å². The number of benzene rings is 2. The van der Waals surface area contributed by atoms with Gasteiger partial charge in [-0.3, -0.25) is 4.90 Å². The third-order valence-corrected chi connectivity index (χ3v) is 4.58. The van der Waals surface area contributed by atoms with Crippen LogP contribution in [0.2, 0.25) is 5.02 Å². The second-order valence-corrected chi connectivity index (χ2v) is 6.57. The van der Waals surface area contributed by atoms with Crippen LogP contribution in [0, 0.1) is 6.92 Å². The number of rotatable bonds is 3. The minimum absolute atomic E-state index is 0.0216. The van der Waals surface area contributed by atoms with E-state index in [1.54, 1.807) is 0 Å². The number of anilines is 1. The summed E-state index contributed by atoms with van der Waals surface area (Å²) in [6.07, 6.45) is 0. The van der Waals surface area contributed by atoms with Crippen molar-refractivity contribution in [1.29, 1.82) is 0 Å². The molecular weight excluding hydrogens is 322 g/mol. The van der Waals surface area contributed by atoms with Gasteiger partial charge in [-0.1, -0.05) is 41.9 Å². The summed E-state index contributed by atoms with van der Waals surface area (Å²) in [5.74, 6) is 0. The van der Waals surface area contributed by atoms with E-state index in [9.17, 15) is 4.79 Å². The Morgan fingerprint density at radius 3 is 2.54 bits per heavy atom. The van der Waals surface area contributed by atoms with E-state index >= 15 is 0 Å². The maximum absolute atomic E-state index is 12.4. The SMILES string of the molecule is Cc1ccccc1NC(=O)N1CCN(Cc2cccc(Cl)c2)CC1. The molecule has 1 saturated heterocycles. The average Bonchev–Trinajstić information content (AvgIpc) is 2.57. The van der Waals surface area contributed by atoms with E-state index in [-0.39, 0.29) is 6.03 Å². The molecular formula is C19H22ClN3O. The number of hydrogen-bond acceptors (Lipinski definition) is 2. The number of nitrogens with zero attached hydrogens (tertiary/aromatic N) is 2. The van der Waals surface area contributed by atoms with Crippen molar-refractivity contribution in [1.82, 2.24) is 9.80 Å². The van der Waals surface area contributed by atoms with Crippen molar-refractivity contribution < 1.29 is 4.79 Å². The third kappa shape index (κ3) is 4.28. The van der Waals surface area contributed by atoms with Crippen LogP contribution in [-0.4, -0.2) is 42.0 Å². The molecule has 1 fully saturated rings. The molecule has 0 radical (unpaired) electrons. The molecule has 5 heteroatoms. The quantitative estimate of drug-likeness (QED) is 0.914. The average molecular weight is 344 g/mol. The second kappa shape index (κ2) is 7.69. The Hall–Kier alpha value is -2.04. The van der Waals surface area contributed by atoms with Crippen LogP contribution in [0.1, 0.15) is 11.1 Å². The molecule has 2 aromatic carbocycles. The number of halogens is 1. The number of aryl methyl sites for hydroxylation is 1. The van der Waals surface area contributed by atoms with Gasteiger partial charge in [0.15, 0.2) is 0 Å². The number of piperazine rings is 1. The molecule has 24 heavy (non-hydrogen) atoms. The van der Waals surface area contributed by atoms with E-state index in [0.29, 0.717) is 0 Å². The largest absolute Gasteiger partial charge is 0.322 e. The Morgan fingerprint density at radius 1 is 1.08 bits per heavy atom. The van der Waals surface area contributed by atoms with Gasteiger partial charge in [0, 0.05) is 43.4 Å². The van der Waals surface area contributed by atoms with Crippen molar-refractivity contribution >= 4 is 23.3 Å². The summed E-state index contributed by atoms with van der Waals surface area (Å²) >= 11 is 6.04. The van der Waals surface area contributed by atoms with Crippen molar-refractivity contribution in [3.63, 3.8) is 0 Å². The molecule has 0 spiro atoms. The summed E-state index contributed by atoms with van der Waals surface area (Å²) in [6.45, 7) is 6.07. The van der Waals surface area contributed by atoms with Crippen LogP contribution in [-0.2, 0) is 6.54 Å². The van der Waals surface area contributed by atoms with E-state index in [4.69, 9.17) is 11.6 Å². The fourth-order valence-electron chi connectivity index (χ4n) is 2.91. The Morgan fingerprint density at radius 2 is 1.83 bits per heavy atom. The summed E-state index contributed by atoms with van der Waals surface area (Å²) in [5.41, 5.74) is 3.16. The summed E-state index contributed by atoms with van der Waals surface area (Å²) in [6, 6.07) is 15.8. The first-order chi connectivity index (χ1) is 11.6. The number of nitrogens with one attached hydrogen (secondary N) is 1. The lowest BCUT2D eigenvalue weighted by atomic mass is 10.2. The fraction of sp³-hybridized carbons (Fsp3) is 0.316. The van der Waals surface area contributed by atoms with Crippen LogP contribution in [0.5, 0.6) is 0 Å². The monoisotopic (exact) mass is 343 g/mol. The molecule has 1 aliphatic rings. The smallest absolute Gasteiger partial charge is 0.321 e. The molecule has 3 rings (SSSR count). The lowest BCUT2D eigenvalue weighted by Crippen LogP contribution is -2.49. The Balaban J connectivity index is 1.51. The minimum Gasteiger partial charge on any atom is -0.322 e. The highest BCUT2D eigenvalue weighted by molar-refractivity contribution is 6.30. The van der Waals surface area contributed by atoms with Gasteiger partial charge in [-0.25, -0.2) is 4.79 Å². The van der Waals surface area contributed by atoms with Crippen LogP contribution < -0.4 is 5.32 Å². The molecule has 1 aliphatic heterocycles. The molecule has 2 aromatic rings. The van der Waals surface area contributed by atoms with Crippen LogP contribution in [0.3, 0.4) is 0 Å². The first-order valence-electron chi connectivity index (χ1n) is 8.20. The Kier molecular flexibility index (Phi) is 5.38. The van der Waals surface area contributed by atoms with Gasteiger partial charge in [0.1, 0.15) is 0 Å². The number of carbonyl (C=O) groups is 1. The van der Waals surface area contributed by atoms with Gasteiger partial charge in [-0.05, 0) is 36.2 Å². The zero-order valence-corrected chi connectivity index (χ0v) is 14.6. The highest BCUT2D eigenvalue weighted by Gasteiger charge is 2.21. The standard InChI is InChI=1S/C19H22ClN3O/c1-15-5-2-3-8-18(15)21-19(24)23-11-9-22(10-12-23)14-16-6-4-7-17(20)13-16/h2-8,13H,9-12,14H2,1H3,(H,21,24). The zero-order valence-electron chi connectivity index (χ0n) is 13.8. The van der Waals surface area contributed by atoms with Crippen LogP contribution in [0.25, 0.3) is 0 Å². The van der Waals surface area contributed by atoms with Crippen molar-refractivity contribution in [3.8, 4) is 0 Å². The van der Waals surface area contributed by atoms with Crippen molar-refractivity contribution in [2.45, 2.75) is 13.5 Å². The van der Waals surface area contributed by atoms with E-state index in [2.05, 4.69) is 16.3 Å². The van der Waals surface area contributed by atoms with Crippen LogP contribution >= 0.6 is 11.6 Å². The molecule has 126 valence electrons. The summed E-state index contributed by atoms with van der Waals surface area (Å²) in [7, 11) is 0. The number of hydrogen-bond donors (Lipinski definition) is 1. The predicted octanol–water partition coefficient (Wildman–Crippen LogP) is 4.00. The molecule has 4 nitrogen and oxygen atoms in total. The first kappa shape index (κ1) is 16.8. The molecule has 0 bridgehead atoms. The molecule has 0 aliphatic carbocycles. The van der Waals surface area contributed by atoms with Gasteiger partial charge in [0.2, 0.25) is 0 Å². The maximum Gasteiger partial charge on any atom is 0.321 e. The number of urea groups is 1. The highest BCUT2D eigenvalue weighted by atomic mass is 35.5. The number of amides is 2. The first-order valence-corrected chi connectivity index (χ1v) is 8.58. The molecule has 1 N–H and O–H groups in total. The fourth-order valence-corrected chi connectivity index (χ4v) is 3.12. The lowest BCUT2D eigenvalue weighted by molar-refractivity contribution is 0.143. The van der Waals surface area contributed by atoms with Crippen molar-refractivity contribution in [2.24, 2.45) is 0 Å². The van der Waals surface area contributed by atoms with Gasteiger partial charge >= 0.3 is 6.03 Å². The summed E-state index contributed by atoms with van der Waals surface area (Å²) in [4.78, 5) is 16.6.